The van der Waals surface area contributed by atoms with Crippen molar-refractivity contribution < 1.29 is 4.92 Å². The molecule has 0 atom stereocenters. The molecular formula is C13H6N4O2S2. The van der Waals surface area contributed by atoms with Gasteiger partial charge in [-0.05, 0) is 30.0 Å². The molecule has 8 heteroatoms. The number of para-hydroxylation sites is 1. The summed E-state index contributed by atoms with van der Waals surface area (Å²) >= 11 is 2.80. The molecule has 0 aliphatic heterocycles. The van der Waals surface area contributed by atoms with E-state index in [0.29, 0.717) is 5.03 Å². The van der Waals surface area contributed by atoms with E-state index in [2.05, 4.69) is 9.97 Å². The van der Waals surface area contributed by atoms with Gasteiger partial charge in [-0.15, -0.1) is 11.3 Å². The SMILES string of the molecule is N#Cc1nc(Sc2nc3ccccc3s2)ccc1[N+](=O)[O-]. The lowest BCUT2D eigenvalue weighted by Crippen LogP contribution is -1.95. The van der Waals surface area contributed by atoms with Crippen molar-refractivity contribution in [2.24, 2.45) is 0 Å². The van der Waals surface area contributed by atoms with Crippen LogP contribution in [-0.2, 0) is 0 Å². The predicted octanol–water partition coefficient (Wildman–Crippen LogP) is 3.62. The molecule has 1 aromatic carbocycles. The van der Waals surface area contributed by atoms with E-state index in [1.54, 1.807) is 6.07 Å². The largest absolute Gasteiger partial charge is 0.305 e. The number of thiazole rings is 1. The number of nitrogens with zero attached hydrogens (tertiary/aromatic N) is 4. The Kier molecular flexibility index (Phi) is 3.51. The zero-order valence-corrected chi connectivity index (χ0v) is 12.0. The van der Waals surface area contributed by atoms with Crippen LogP contribution in [0.4, 0.5) is 5.69 Å². The van der Waals surface area contributed by atoms with Crippen LogP contribution in [0.2, 0.25) is 0 Å². The summed E-state index contributed by atoms with van der Waals surface area (Å²) in [4.78, 5) is 18.6. The minimum absolute atomic E-state index is 0.189. The van der Waals surface area contributed by atoms with Crippen LogP contribution in [0.5, 0.6) is 0 Å². The Labute approximate surface area is 127 Å². The van der Waals surface area contributed by atoms with E-state index >= 15 is 0 Å². The molecule has 0 radical (unpaired) electrons. The topological polar surface area (TPSA) is 92.7 Å². The smallest absolute Gasteiger partial charge is 0.258 e. The fraction of sp³-hybridized carbons (Fsp3) is 0. The van der Waals surface area contributed by atoms with Crippen molar-refractivity contribution in [3.8, 4) is 6.07 Å². The van der Waals surface area contributed by atoms with Crippen molar-refractivity contribution in [2.45, 2.75) is 9.37 Å². The van der Waals surface area contributed by atoms with Gasteiger partial charge in [-0.1, -0.05) is 12.1 Å². The average Bonchev–Trinajstić information content (AvgIpc) is 2.88. The van der Waals surface area contributed by atoms with Gasteiger partial charge in [-0.3, -0.25) is 10.1 Å². The first kappa shape index (κ1) is 13.5. The molecule has 3 aromatic rings. The molecule has 2 aromatic heterocycles. The van der Waals surface area contributed by atoms with Gasteiger partial charge < -0.3 is 0 Å². The Morgan fingerprint density at radius 3 is 2.76 bits per heavy atom. The van der Waals surface area contributed by atoms with Crippen molar-refractivity contribution in [1.82, 2.24) is 9.97 Å². The van der Waals surface area contributed by atoms with Crippen LogP contribution in [0.3, 0.4) is 0 Å². The number of hydrogen-bond acceptors (Lipinski definition) is 7. The predicted molar refractivity (Wildman–Crippen MR) is 79.3 cm³/mol. The van der Waals surface area contributed by atoms with Crippen molar-refractivity contribution in [3.05, 3.63) is 52.2 Å². The molecule has 0 unspecified atom stereocenters. The summed E-state index contributed by atoms with van der Waals surface area (Å²) in [6.07, 6.45) is 0. The van der Waals surface area contributed by atoms with Gasteiger partial charge in [0.2, 0.25) is 5.69 Å². The van der Waals surface area contributed by atoms with Gasteiger partial charge in [0.15, 0.2) is 4.34 Å². The van der Waals surface area contributed by atoms with Crippen LogP contribution in [-0.4, -0.2) is 14.9 Å². The summed E-state index contributed by atoms with van der Waals surface area (Å²) in [5.41, 5.74) is 0.421. The Morgan fingerprint density at radius 1 is 1.24 bits per heavy atom. The molecule has 102 valence electrons. The maximum absolute atomic E-state index is 10.8. The molecule has 0 amide bonds. The molecule has 0 saturated heterocycles. The second-order valence-electron chi connectivity index (χ2n) is 3.94. The lowest BCUT2D eigenvalue weighted by atomic mass is 10.3. The fourth-order valence-corrected chi connectivity index (χ4v) is 3.69. The number of pyridine rings is 1. The highest BCUT2D eigenvalue weighted by atomic mass is 32.2. The summed E-state index contributed by atoms with van der Waals surface area (Å²) in [6, 6.07) is 12.3. The molecule has 0 bridgehead atoms. The van der Waals surface area contributed by atoms with E-state index in [1.165, 1.54) is 35.2 Å². The molecule has 2 heterocycles. The third-order valence-corrected chi connectivity index (χ3v) is 4.65. The van der Waals surface area contributed by atoms with E-state index < -0.39 is 4.92 Å². The average molecular weight is 314 g/mol. The Morgan fingerprint density at radius 2 is 2.05 bits per heavy atom. The number of rotatable bonds is 3. The standard InChI is InChI=1S/C13H6N4O2S2/c14-7-9-10(17(18)19)5-6-12(15-9)21-13-16-8-3-1-2-4-11(8)20-13/h1-6H. The van der Waals surface area contributed by atoms with E-state index in [0.717, 1.165) is 14.6 Å². The zero-order valence-electron chi connectivity index (χ0n) is 10.4. The molecule has 3 rings (SSSR count). The van der Waals surface area contributed by atoms with Crippen molar-refractivity contribution in [1.29, 1.82) is 5.26 Å². The monoisotopic (exact) mass is 314 g/mol. The van der Waals surface area contributed by atoms with Crippen LogP contribution in [0.25, 0.3) is 10.2 Å². The van der Waals surface area contributed by atoms with Gasteiger partial charge >= 0.3 is 5.69 Å². The summed E-state index contributed by atoms with van der Waals surface area (Å²) < 4.78 is 1.84. The van der Waals surface area contributed by atoms with Gasteiger partial charge in [0.05, 0.1) is 15.1 Å². The first-order valence-corrected chi connectivity index (χ1v) is 7.39. The van der Waals surface area contributed by atoms with Crippen LogP contribution < -0.4 is 0 Å². The highest BCUT2D eigenvalue weighted by molar-refractivity contribution is 8.01. The fourth-order valence-electron chi connectivity index (χ4n) is 1.70. The Balaban J connectivity index is 1.94. The molecule has 21 heavy (non-hydrogen) atoms. The molecule has 0 saturated carbocycles. The first-order chi connectivity index (χ1) is 10.2. The van der Waals surface area contributed by atoms with Gasteiger partial charge in [0.25, 0.3) is 0 Å². The quantitative estimate of drug-likeness (QED) is 0.541. The maximum atomic E-state index is 10.8. The molecule has 0 fully saturated rings. The van der Waals surface area contributed by atoms with Crippen molar-refractivity contribution in [2.75, 3.05) is 0 Å². The van der Waals surface area contributed by atoms with Crippen molar-refractivity contribution in [3.63, 3.8) is 0 Å². The number of nitro groups is 1. The third-order valence-electron chi connectivity index (χ3n) is 2.62. The van der Waals surface area contributed by atoms with Gasteiger partial charge in [0, 0.05) is 6.07 Å². The van der Waals surface area contributed by atoms with Gasteiger partial charge in [0.1, 0.15) is 11.1 Å². The van der Waals surface area contributed by atoms with Gasteiger partial charge in [-0.2, -0.15) is 5.26 Å². The number of aromatic nitrogens is 2. The van der Waals surface area contributed by atoms with E-state index in [1.807, 2.05) is 24.3 Å². The molecule has 0 aliphatic carbocycles. The number of fused-ring (bicyclic) bond motifs is 1. The summed E-state index contributed by atoms with van der Waals surface area (Å²) in [6.45, 7) is 0. The summed E-state index contributed by atoms with van der Waals surface area (Å²) in [7, 11) is 0. The maximum Gasteiger partial charge on any atom is 0.305 e. The highest BCUT2D eigenvalue weighted by Gasteiger charge is 2.16. The summed E-state index contributed by atoms with van der Waals surface area (Å²) in [5.74, 6) is 0. The zero-order chi connectivity index (χ0) is 14.8. The second kappa shape index (κ2) is 5.47. The molecule has 0 spiro atoms. The third kappa shape index (κ3) is 2.69. The van der Waals surface area contributed by atoms with Crippen molar-refractivity contribution >= 4 is 39.0 Å². The molecular weight excluding hydrogens is 308 g/mol. The van der Waals surface area contributed by atoms with Crippen LogP contribution >= 0.6 is 23.1 Å². The van der Waals surface area contributed by atoms with Crippen LogP contribution in [0.15, 0.2) is 45.8 Å². The lowest BCUT2D eigenvalue weighted by molar-refractivity contribution is -0.385. The molecule has 0 aliphatic rings. The lowest BCUT2D eigenvalue weighted by Gasteiger charge is -1.98. The number of hydrogen-bond donors (Lipinski definition) is 0. The van der Waals surface area contributed by atoms with Crippen LogP contribution in [0, 0.1) is 21.4 Å². The van der Waals surface area contributed by atoms with Gasteiger partial charge in [-0.25, -0.2) is 9.97 Å². The van der Waals surface area contributed by atoms with E-state index in [-0.39, 0.29) is 11.4 Å². The minimum atomic E-state index is -0.613. The highest BCUT2D eigenvalue weighted by Crippen LogP contribution is 2.34. The first-order valence-electron chi connectivity index (χ1n) is 5.76. The molecule has 0 N–H and O–H groups in total. The Bertz CT molecular complexity index is 852. The van der Waals surface area contributed by atoms with Crippen LogP contribution in [0.1, 0.15) is 5.69 Å². The normalized spacial score (nSPS) is 10.4. The number of nitriles is 1. The molecule has 6 nitrogen and oxygen atoms in total. The van der Waals surface area contributed by atoms with E-state index in [9.17, 15) is 10.1 Å². The van der Waals surface area contributed by atoms with E-state index in [4.69, 9.17) is 5.26 Å². The minimum Gasteiger partial charge on any atom is -0.258 e. The number of benzene rings is 1. The summed E-state index contributed by atoms with van der Waals surface area (Å²) in [5, 5.41) is 20.2. The second-order valence-corrected chi connectivity index (χ2v) is 6.23. The Hall–Kier alpha value is -2.50.